The average molecular weight is 257 g/mol. The van der Waals surface area contributed by atoms with Gasteiger partial charge in [-0.3, -0.25) is 4.79 Å². The molecule has 0 aliphatic rings. The summed E-state index contributed by atoms with van der Waals surface area (Å²) in [5.74, 6) is -1.79. The minimum atomic E-state index is -0.754. The van der Waals surface area contributed by atoms with Gasteiger partial charge in [-0.1, -0.05) is 6.07 Å². The highest BCUT2D eigenvalue weighted by Gasteiger charge is 2.14. The second kappa shape index (κ2) is 4.67. The van der Waals surface area contributed by atoms with E-state index in [0.717, 1.165) is 12.1 Å². The molecule has 0 saturated heterocycles. The SMILES string of the molecule is O=C(Cc1ccc(F)cc1F)c1ccc(Cl)o1. The smallest absolute Gasteiger partial charge is 0.202 e. The quantitative estimate of drug-likeness (QED) is 0.785. The predicted octanol–water partition coefficient (Wildman–Crippen LogP) is 3.64. The molecule has 0 bridgehead atoms. The molecule has 0 aliphatic heterocycles. The van der Waals surface area contributed by atoms with Crippen molar-refractivity contribution in [1.29, 1.82) is 0 Å². The molecule has 0 saturated carbocycles. The van der Waals surface area contributed by atoms with Gasteiger partial charge in [-0.15, -0.1) is 0 Å². The van der Waals surface area contributed by atoms with Gasteiger partial charge in [0.15, 0.2) is 11.0 Å². The summed E-state index contributed by atoms with van der Waals surface area (Å²) < 4.78 is 30.8. The van der Waals surface area contributed by atoms with Crippen molar-refractivity contribution in [2.75, 3.05) is 0 Å². The molecule has 0 atom stereocenters. The van der Waals surface area contributed by atoms with E-state index in [1.54, 1.807) is 0 Å². The molecule has 0 spiro atoms. The first kappa shape index (κ1) is 11.8. The second-order valence-corrected chi connectivity index (χ2v) is 3.81. The molecule has 17 heavy (non-hydrogen) atoms. The Morgan fingerprint density at radius 3 is 2.59 bits per heavy atom. The van der Waals surface area contributed by atoms with E-state index in [-0.39, 0.29) is 23.0 Å². The number of ketones is 1. The van der Waals surface area contributed by atoms with Crippen molar-refractivity contribution in [2.45, 2.75) is 6.42 Å². The van der Waals surface area contributed by atoms with E-state index >= 15 is 0 Å². The summed E-state index contributed by atoms with van der Waals surface area (Å²) in [5.41, 5.74) is 0.115. The lowest BCUT2D eigenvalue weighted by atomic mass is 10.1. The number of halogens is 3. The highest BCUT2D eigenvalue weighted by molar-refractivity contribution is 6.29. The lowest BCUT2D eigenvalue weighted by molar-refractivity contribution is 0.0965. The first-order chi connectivity index (χ1) is 8.06. The standard InChI is InChI=1S/C12H7ClF2O2/c13-12-4-3-11(17-12)10(16)5-7-1-2-8(14)6-9(7)15/h1-4,6H,5H2. The van der Waals surface area contributed by atoms with Crippen LogP contribution in [0.1, 0.15) is 16.1 Å². The Kier molecular flexibility index (Phi) is 3.24. The predicted molar refractivity (Wildman–Crippen MR) is 58.1 cm³/mol. The fraction of sp³-hybridized carbons (Fsp3) is 0.0833. The Hall–Kier alpha value is -1.68. The van der Waals surface area contributed by atoms with Crippen LogP contribution in [-0.4, -0.2) is 5.78 Å². The zero-order valence-corrected chi connectivity index (χ0v) is 9.30. The first-order valence-electron chi connectivity index (χ1n) is 4.79. The Morgan fingerprint density at radius 1 is 1.24 bits per heavy atom. The molecule has 1 aromatic heterocycles. The van der Waals surface area contributed by atoms with E-state index in [4.69, 9.17) is 16.0 Å². The van der Waals surface area contributed by atoms with Crippen LogP contribution in [-0.2, 0) is 6.42 Å². The minimum Gasteiger partial charge on any atom is -0.442 e. The number of Topliss-reactive ketones (excluding diaryl/α,β-unsaturated/α-hetero) is 1. The van der Waals surface area contributed by atoms with Gasteiger partial charge in [-0.05, 0) is 35.4 Å². The molecule has 0 unspecified atom stereocenters. The molecule has 1 aromatic carbocycles. The van der Waals surface area contributed by atoms with Gasteiger partial charge in [0, 0.05) is 12.5 Å². The van der Waals surface area contributed by atoms with Crippen LogP contribution in [0.15, 0.2) is 34.7 Å². The van der Waals surface area contributed by atoms with Gasteiger partial charge in [0.05, 0.1) is 0 Å². The second-order valence-electron chi connectivity index (χ2n) is 3.44. The third kappa shape index (κ3) is 2.71. The van der Waals surface area contributed by atoms with E-state index in [1.807, 2.05) is 0 Å². The van der Waals surface area contributed by atoms with Gasteiger partial charge in [0.25, 0.3) is 0 Å². The summed E-state index contributed by atoms with van der Waals surface area (Å²) >= 11 is 5.52. The maximum atomic E-state index is 13.3. The summed E-state index contributed by atoms with van der Waals surface area (Å²) in [6.07, 6.45) is -0.198. The minimum absolute atomic E-state index is 0.0544. The lowest BCUT2D eigenvalue weighted by Crippen LogP contribution is -2.04. The van der Waals surface area contributed by atoms with Crippen molar-refractivity contribution in [3.05, 3.63) is 58.5 Å². The van der Waals surface area contributed by atoms with Crippen molar-refractivity contribution >= 4 is 17.4 Å². The van der Waals surface area contributed by atoms with E-state index < -0.39 is 17.4 Å². The largest absolute Gasteiger partial charge is 0.442 e. The maximum absolute atomic E-state index is 13.3. The van der Waals surface area contributed by atoms with Crippen molar-refractivity contribution in [1.82, 2.24) is 0 Å². The number of furan rings is 1. The van der Waals surface area contributed by atoms with Gasteiger partial charge in [0.2, 0.25) is 5.78 Å². The van der Waals surface area contributed by atoms with Gasteiger partial charge >= 0.3 is 0 Å². The van der Waals surface area contributed by atoms with Crippen LogP contribution >= 0.6 is 11.6 Å². The topological polar surface area (TPSA) is 30.2 Å². The average Bonchev–Trinajstić information content (AvgIpc) is 2.69. The summed E-state index contributed by atoms with van der Waals surface area (Å²) in [4.78, 5) is 11.7. The molecule has 0 aliphatic carbocycles. The molecule has 1 heterocycles. The Morgan fingerprint density at radius 2 is 2.00 bits per heavy atom. The number of benzene rings is 1. The van der Waals surface area contributed by atoms with Gasteiger partial charge in [-0.2, -0.15) is 0 Å². The monoisotopic (exact) mass is 256 g/mol. The van der Waals surface area contributed by atoms with Gasteiger partial charge < -0.3 is 4.42 Å². The van der Waals surface area contributed by atoms with E-state index in [0.29, 0.717) is 0 Å². The Balaban J connectivity index is 2.18. The summed E-state index contributed by atoms with van der Waals surface area (Å²) in [7, 11) is 0. The molecular weight excluding hydrogens is 250 g/mol. The molecule has 0 N–H and O–H groups in total. The van der Waals surface area contributed by atoms with E-state index in [1.165, 1.54) is 18.2 Å². The van der Waals surface area contributed by atoms with Crippen molar-refractivity contribution in [3.8, 4) is 0 Å². The third-order valence-corrected chi connectivity index (χ3v) is 2.42. The van der Waals surface area contributed by atoms with Crippen molar-refractivity contribution < 1.29 is 18.0 Å². The molecule has 88 valence electrons. The molecule has 2 rings (SSSR count). The fourth-order valence-electron chi connectivity index (χ4n) is 1.39. The van der Waals surface area contributed by atoms with Crippen LogP contribution in [0, 0.1) is 11.6 Å². The van der Waals surface area contributed by atoms with Crippen LogP contribution < -0.4 is 0 Å². The van der Waals surface area contributed by atoms with E-state index in [9.17, 15) is 13.6 Å². The Bertz CT molecular complexity index is 563. The summed E-state index contributed by atoms with van der Waals surface area (Å²) in [5, 5.41) is 0.0907. The zero-order chi connectivity index (χ0) is 12.4. The lowest BCUT2D eigenvalue weighted by Gasteiger charge is -2.01. The zero-order valence-electron chi connectivity index (χ0n) is 8.54. The van der Waals surface area contributed by atoms with Gasteiger partial charge in [0.1, 0.15) is 11.6 Å². The molecular formula is C12H7ClF2O2. The maximum Gasteiger partial charge on any atom is 0.202 e. The first-order valence-corrected chi connectivity index (χ1v) is 5.16. The van der Waals surface area contributed by atoms with Crippen LogP contribution in [0.2, 0.25) is 5.22 Å². The van der Waals surface area contributed by atoms with Crippen molar-refractivity contribution in [2.24, 2.45) is 0 Å². The van der Waals surface area contributed by atoms with Crippen LogP contribution in [0.3, 0.4) is 0 Å². The normalized spacial score (nSPS) is 10.5. The number of hydrogen-bond donors (Lipinski definition) is 0. The van der Waals surface area contributed by atoms with Crippen LogP contribution in [0.4, 0.5) is 8.78 Å². The van der Waals surface area contributed by atoms with Crippen molar-refractivity contribution in [3.63, 3.8) is 0 Å². The van der Waals surface area contributed by atoms with Crippen LogP contribution in [0.25, 0.3) is 0 Å². The summed E-state index contributed by atoms with van der Waals surface area (Å²) in [6, 6.07) is 5.90. The Labute approximate surface area is 101 Å². The number of carbonyl (C=O) groups excluding carboxylic acids is 1. The molecule has 0 radical (unpaired) electrons. The van der Waals surface area contributed by atoms with Gasteiger partial charge in [-0.25, -0.2) is 8.78 Å². The number of rotatable bonds is 3. The number of carbonyl (C=O) groups is 1. The summed E-state index contributed by atoms with van der Waals surface area (Å²) in [6.45, 7) is 0. The molecule has 2 aromatic rings. The molecule has 0 fully saturated rings. The fourth-order valence-corrected chi connectivity index (χ4v) is 1.54. The molecule has 0 amide bonds. The number of hydrogen-bond acceptors (Lipinski definition) is 2. The van der Waals surface area contributed by atoms with Crippen LogP contribution in [0.5, 0.6) is 0 Å². The highest BCUT2D eigenvalue weighted by atomic mass is 35.5. The molecule has 2 nitrogen and oxygen atoms in total. The highest BCUT2D eigenvalue weighted by Crippen LogP contribution is 2.17. The molecule has 5 heteroatoms. The van der Waals surface area contributed by atoms with E-state index in [2.05, 4.69) is 0 Å². The third-order valence-electron chi connectivity index (χ3n) is 2.21.